The quantitative estimate of drug-likeness (QED) is 0.299. The number of ether oxygens (including phenoxy) is 1. The van der Waals surface area contributed by atoms with Gasteiger partial charge < -0.3 is 10.1 Å². The average molecular weight is 583 g/mol. The maximum absolute atomic E-state index is 13.0. The van der Waals surface area contributed by atoms with Crippen LogP contribution < -0.4 is 20.3 Å². The number of halogens is 2. The first-order chi connectivity index (χ1) is 17.6. The van der Waals surface area contributed by atoms with E-state index in [2.05, 4.69) is 26.6 Å². The second-order valence-corrected chi connectivity index (χ2v) is 9.60. The zero-order valence-electron chi connectivity index (χ0n) is 19.8. The van der Waals surface area contributed by atoms with Gasteiger partial charge in [0.05, 0.1) is 10.7 Å². The highest BCUT2D eigenvalue weighted by Gasteiger charge is 2.36. The zero-order chi connectivity index (χ0) is 26.7. The predicted octanol–water partition coefficient (Wildman–Crippen LogP) is 5.40. The predicted molar refractivity (Wildman–Crippen MR) is 145 cm³/mol. The van der Waals surface area contributed by atoms with Crippen molar-refractivity contribution in [2.75, 3.05) is 16.8 Å². The van der Waals surface area contributed by atoms with Gasteiger partial charge in [-0.1, -0.05) is 51.3 Å². The summed E-state index contributed by atoms with van der Waals surface area (Å²) in [6.07, 6.45) is 1.33. The summed E-state index contributed by atoms with van der Waals surface area (Å²) in [5, 5.41) is 5.15. The van der Waals surface area contributed by atoms with Crippen LogP contribution in [0.2, 0.25) is 5.02 Å². The van der Waals surface area contributed by atoms with Crippen LogP contribution in [-0.2, 0) is 14.4 Å². The summed E-state index contributed by atoms with van der Waals surface area (Å²) in [5.74, 6) is -1.68. The average Bonchev–Trinajstić information content (AvgIpc) is 2.84. The lowest BCUT2D eigenvalue weighted by Gasteiger charge is -2.26. The van der Waals surface area contributed by atoms with Crippen LogP contribution in [0.25, 0.3) is 6.08 Å². The largest absolute Gasteiger partial charge is 0.482 e. The molecular formula is C27H21BrClN3O5. The smallest absolute Gasteiger partial charge is 0.335 e. The fourth-order valence-electron chi connectivity index (χ4n) is 3.66. The fourth-order valence-corrected chi connectivity index (χ4v) is 4.16. The molecule has 8 nitrogen and oxygen atoms in total. The molecule has 0 aliphatic carbocycles. The number of hydrogen-bond acceptors (Lipinski definition) is 5. The van der Waals surface area contributed by atoms with Crippen LogP contribution in [0.1, 0.15) is 16.7 Å². The lowest BCUT2D eigenvalue weighted by atomic mass is 10.1. The molecule has 3 aromatic rings. The van der Waals surface area contributed by atoms with Gasteiger partial charge >= 0.3 is 6.03 Å². The number of carbonyl (C=O) groups excluding carboxylic acids is 4. The van der Waals surface area contributed by atoms with Gasteiger partial charge in [-0.05, 0) is 73.5 Å². The minimum Gasteiger partial charge on any atom is -0.482 e. The van der Waals surface area contributed by atoms with Crippen LogP contribution in [0.5, 0.6) is 5.75 Å². The molecule has 1 fully saturated rings. The van der Waals surface area contributed by atoms with E-state index in [0.29, 0.717) is 16.9 Å². The van der Waals surface area contributed by atoms with E-state index < -0.39 is 17.8 Å². The van der Waals surface area contributed by atoms with E-state index in [-0.39, 0.29) is 28.9 Å². The lowest BCUT2D eigenvalue weighted by Crippen LogP contribution is -2.54. The Morgan fingerprint density at radius 3 is 2.46 bits per heavy atom. The Bertz CT molecular complexity index is 1450. The molecule has 188 valence electrons. The highest BCUT2D eigenvalue weighted by molar-refractivity contribution is 9.10. The number of anilines is 2. The Hall–Kier alpha value is -3.95. The van der Waals surface area contributed by atoms with Crippen LogP contribution in [-0.4, -0.2) is 30.4 Å². The van der Waals surface area contributed by atoms with Crippen molar-refractivity contribution in [3.63, 3.8) is 0 Å². The number of urea groups is 1. The summed E-state index contributed by atoms with van der Waals surface area (Å²) in [6.45, 7) is 3.61. The first kappa shape index (κ1) is 26.1. The second kappa shape index (κ2) is 11.0. The number of amides is 5. The van der Waals surface area contributed by atoms with Crippen molar-refractivity contribution in [1.29, 1.82) is 0 Å². The van der Waals surface area contributed by atoms with Crippen LogP contribution in [0.3, 0.4) is 0 Å². The molecule has 0 unspecified atom stereocenters. The summed E-state index contributed by atoms with van der Waals surface area (Å²) in [4.78, 5) is 51.0. The molecule has 0 saturated carbocycles. The molecule has 1 aliphatic heterocycles. The number of barbiturate groups is 1. The molecule has 1 saturated heterocycles. The molecule has 37 heavy (non-hydrogen) atoms. The molecule has 10 heteroatoms. The van der Waals surface area contributed by atoms with Crippen molar-refractivity contribution in [1.82, 2.24) is 5.32 Å². The number of aryl methyl sites for hydroxylation is 2. The highest BCUT2D eigenvalue weighted by Crippen LogP contribution is 2.28. The Labute approximate surface area is 226 Å². The lowest BCUT2D eigenvalue weighted by molar-refractivity contribution is -0.122. The number of nitrogens with zero attached hydrogens (tertiary/aromatic N) is 1. The summed E-state index contributed by atoms with van der Waals surface area (Å²) in [7, 11) is 0. The van der Waals surface area contributed by atoms with Gasteiger partial charge in [0, 0.05) is 10.2 Å². The van der Waals surface area contributed by atoms with Gasteiger partial charge in [-0.2, -0.15) is 0 Å². The van der Waals surface area contributed by atoms with Crippen LogP contribution in [0.4, 0.5) is 16.2 Å². The van der Waals surface area contributed by atoms with Crippen molar-refractivity contribution < 1.29 is 23.9 Å². The van der Waals surface area contributed by atoms with Crippen molar-refractivity contribution in [2.24, 2.45) is 0 Å². The monoisotopic (exact) mass is 581 g/mol. The van der Waals surface area contributed by atoms with E-state index in [1.807, 2.05) is 32.0 Å². The standard InChI is InChI=1S/C27H21BrClN3O5/c1-15-3-9-22(16(2)11-15)30-24(33)14-37-23-10-4-17(13-21(23)29)12-20-25(34)31-27(36)32(26(20)35)19-7-5-18(28)6-8-19/h3-13H,14H2,1-2H3,(H,30,33)(H,31,34,36)/b20-12+. The summed E-state index contributed by atoms with van der Waals surface area (Å²) in [6, 6.07) is 16.0. The van der Waals surface area contributed by atoms with Crippen molar-refractivity contribution in [3.8, 4) is 5.75 Å². The number of hydrogen-bond donors (Lipinski definition) is 2. The summed E-state index contributed by atoms with van der Waals surface area (Å²) in [5.41, 5.74) is 3.23. The van der Waals surface area contributed by atoms with E-state index in [0.717, 1.165) is 20.5 Å². The number of nitrogens with one attached hydrogen (secondary N) is 2. The second-order valence-electron chi connectivity index (χ2n) is 8.28. The van der Waals surface area contributed by atoms with Crippen LogP contribution >= 0.6 is 27.5 Å². The molecule has 0 atom stereocenters. The zero-order valence-corrected chi connectivity index (χ0v) is 22.1. The summed E-state index contributed by atoms with van der Waals surface area (Å²) >= 11 is 9.63. The molecular weight excluding hydrogens is 562 g/mol. The molecule has 1 heterocycles. The molecule has 0 aromatic heterocycles. The maximum Gasteiger partial charge on any atom is 0.335 e. The Balaban J connectivity index is 1.47. The minimum atomic E-state index is -0.838. The van der Waals surface area contributed by atoms with E-state index in [9.17, 15) is 19.2 Å². The van der Waals surface area contributed by atoms with E-state index >= 15 is 0 Å². The van der Waals surface area contributed by atoms with Gasteiger partial charge in [-0.15, -0.1) is 0 Å². The van der Waals surface area contributed by atoms with E-state index in [1.54, 1.807) is 30.3 Å². The van der Waals surface area contributed by atoms with Gasteiger partial charge in [0.15, 0.2) is 6.61 Å². The minimum absolute atomic E-state index is 0.179. The van der Waals surface area contributed by atoms with Crippen LogP contribution in [0.15, 0.2) is 70.7 Å². The van der Waals surface area contributed by atoms with Gasteiger partial charge in [0.25, 0.3) is 17.7 Å². The van der Waals surface area contributed by atoms with Crippen LogP contribution in [0, 0.1) is 13.8 Å². The Kier molecular flexibility index (Phi) is 7.75. The van der Waals surface area contributed by atoms with Crippen molar-refractivity contribution in [2.45, 2.75) is 13.8 Å². The van der Waals surface area contributed by atoms with Gasteiger partial charge in [-0.3, -0.25) is 19.7 Å². The topological polar surface area (TPSA) is 105 Å². The third-order valence-corrected chi connectivity index (χ3v) is 6.29. The number of rotatable bonds is 6. The molecule has 0 spiro atoms. The number of benzene rings is 3. The molecule has 2 N–H and O–H groups in total. The first-order valence-corrected chi connectivity index (χ1v) is 12.3. The van der Waals surface area contributed by atoms with E-state index in [4.69, 9.17) is 16.3 Å². The molecule has 0 bridgehead atoms. The molecule has 5 amide bonds. The molecule has 4 rings (SSSR count). The van der Waals surface area contributed by atoms with Crippen molar-refractivity contribution in [3.05, 3.63) is 92.4 Å². The van der Waals surface area contributed by atoms with Gasteiger partial charge in [0.2, 0.25) is 0 Å². The van der Waals surface area contributed by atoms with E-state index in [1.165, 1.54) is 18.2 Å². The summed E-state index contributed by atoms with van der Waals surface area (Å²) < 4.78 is 6.32. The van der Waals surface area contributed by atoms with Gasteiger partial charge in [-0.25, -0.2) is 9.69 Å². The Morgan fingerprint density at radius 1 is 1.05 bits per heavy atom. The molecule has 1 aliphatic rings. The molecule has 0 radical (unpaired) electrons. The Morgan fingerprint density at radius 2 is 1.78 bits per heavy atom. The first-order valence-electron chi connectivity index (χ1n) is 11.1. The molecule has 3 aromatic carbocycles. The highest BCUT2D eigenvalue weighted by atomic mass is 79.9. The third kappa shape index (κ3) is 6.07. The van der Waals surface area contributed by atoms with Gasteiger partial charge in [0.1, 0.15) is 11.3 Å². The number of carbonyl (C=O) groups is 4. The SMILES string of the molecule is Cc1ccc(NC(=O)COc2ccc(/C=C3\C(=O)NC(=O)N(c4ccc(Br)cc4)C3=O)cc2Cl)c(C)c1. The van der Waals surface area contributed by atoms with Crippen molar-refractivity contribution >= 4 is 68.7 Å². The number of imide groups is 2. The maximum atomic E-state index is 13.0. The fraction of sp³-hybridized carbons (Fsp3) is 0.111. The third-order valence-electron chi connectivity index (χ3n) is 5.47. The normalized spacial score (nSPS) is 14.5.